The van der Waals surface area contributed by atoms with E-state index in [1.165, 1.54) is 6.92 Å². The normalized spacial score (nSPS) is 15.1. The van der Waals surface area contributed by atoms with Gasteiger partial charge in [-0.3, -0.25) is 0 Å². The minimum atomic E-state index is -3.27. The van der Waals surface area contributed by atoms with Crippen molar-refractivity contribution in [3.63, 3.8) is 0 Å². The lowest BCUT2D eigenvalue weighted by molar-refractivity contribution is 0.340. The molecule has 2 unspecified atom stereocenters. The first-order chi connectivity index (χ1) is 8.68. The van der Waals surface area contributed by atoms with Crippen LogP contribution in [0.5, 0.6) is 5.75 Å². The predicted molar refractivity (Wildman–Crippen MR) is 80.5 cm³/mol. The van der Waals surface area contributed by atoms with Crippen LogP contribution in [0.15, 0.2) is 12.1 Å². The van der Waals surface area contributed by atoms with Crippen molar-refractivity contribution in [1.82, 2.24) is 0 Å². The van der Waals surface area contributed by atoms with Crippen LogP contribution in [0.3, 0.4) is 0 Å². The van der Waals surface area contributed by atoms with E-state index in [0.717, 1.165) is 6.26 Å². The number of benzene rings is 1. The average molecular weight is 346 g/mol. The molecule has 0 aliphatic heterocycles. The lowest BCUT2D eigenvalue weighted by atomic mass is 10.1. The van der Waals surface area contributed by atoms with E-state index in [-0.39, 0.29) is 0 Å². The van der Waals surface area contributed by atoms with Crippen LogP contribution in [0, 0.1) is 0 Å². The largest absolute Gasteiger partial charge is 0.492 e. The number of sulfone groups is 1. The Bertz CT molecular complexity index is 558. The zero-order valence-corrected chi connectivity index (χ0v) is 13.9. The molecule has 0 radical (unpaired) electrons. The fourth-order valence-corrected chi connectivity index (χ4v) is 3.37. The van der Waals surface area contributed by atoms with E-state index >= 15 is 0 Å². The van der Waals surface area contributed by atoms with Crippen LogP contribution in [0.1, 0.15) is 24.8 Å². The van der Waals surface area contributed by atoms with Crippen LogP contribution in [0.2, 0.25) is 10.0 Å². The molecule has 0 aliphatic carbocycles. The molecule has 0 N–H and O–H groups in total. The first kappa shape index (κ1) is 16.9. The monoisotopic (exact) mass is 344 g/mol. The van der Waals surface area contributed by atoms with E-state index < -0.39 is 20.5 Å². The molecule has 0 amide bonds. The summed E-state index contributed by atoms with van der Waals surface area (Å²) in [5, 5.41) is -0.840. The van der Waals surface area contributed by atoms with Crippen molar-refractivity contribution in [2.75, 3.05) is 12.9 Å². The van der Waals surface area contributed by atoms with Crippen molar-refractivity contribution in [2.24, 2.45) is 0 Å². The van der Waals surface area contributed by atoms with Crippen molar-refractivity contribution in [3.05, 3.63) is 27.7 Å². The standard InChI is InChI=1S/C12H15Cl3O3S/c1-4-18-11-6-9(13)8(5-10(11)14)12(15)7(2)19(3,16)17/h5-7,12H,4H2,1-3H3. The number of hydrogen-bond acceptors (Lipinski definition) is 3. The van der Waals surface area contributed by atoms with E-state index in [1.54, 1.807) is 12.1 Å². The highest BCUT2D eigenvalue weighted by molar-refractivity contribution is 7.91. The summed E-state index contributed by atoms with van der Waals surface area (Å²) in [7, 11) is -3.27. The number of ether oxygens (including phenoxy) is 1. The molecule has 1 aromatic carbocycles. The number of hydrogen-bond donors (Lipinski definition) is 0. The molecular weight excluding hydrogens is 331 g/mol. The van der Waals surface area contributed by atoms with Crippen LogP contribution >= 0.6 is 34.8 Å². The van der Waals surface area contributed by atoms with Gasteiger partial charge in [0.2, 0.25) is 0 Å². The molecule has 2 atom stereocenters. The molecule has 0 aliphatic rings. The first-order valence-corrected chi connectivity index (χ1v) is 8.77. The molecule has 0 fully saturated rings. The van der Waals surface area contributed by atoms with Crippen LogP contribution in [0.4, 0.5) is 0 Å². The molecule has 7 heteroatoms. The van der Waals surface area contributed by atoms with Crippen LogP contribution < -0.4 is 4.74 Å². The Kier molecular flexibility index (Phi) is 5.80. The molecule has 3 nitrogen and oxygen atoms in total. The maximum atomic E-state index is 11.5. The van der Waals surface area contributed by atoms with Gasteiger partial charge in [0.25, 0.3) is 0 Å². The maximum absolute atomic E-state index is 11.5. The lowest BCUT2D eigenvalue weighted by Gasteiger charge is -2.19. The number of alkyl halides is 1. The van der Waals surface area contributed by atoms with E-state index in [1.807, 2.05) is 6.92 Å². The highest BCUT2D eigenvalue weighted by Gasteiger charge is 2.28. The van der Waals surface area contributed by atoms with Crippen LogP contribution in [-0.4, -0.2) is 26.5 Å². The van der Waals surface area contributed by atoms with Gasteiger partial charge in [-0.1, -0.05) is 23.2 Å². The third-order valence-corrected chi connectivity index (χ3v) is 5.74. The zero-order valence-electron chi connectivity index (χ0n) is 10.8. The minimum Gasteiger partial charge on any atom is -0.492 e. The van der Waals surface area contributed by atoms with E-state index in [9.17, 15) is 8.42 Å². The summed E-state index contributed by atoms with van der Waals surface area (Å²) in [6.07, 6.45) is 1.14. The van der Waals surface area contributed by atoms with Crippen molar-refractivity contribution < 1.29 is 13.2 Å². The maximum Gasteiger partial charge on any atom is 0.151 e. The molecule has 1 rings (SSSR count). The number of halogens is 3. The molecule has 0 bridgehead atoms. The summed E-state index contributed by atoms with van der Waals surface area (Å²) >= 11 is 18.3. The van der Waals surface area contributed by atoms with Gasteiger partial charge in [0.15, 0.2) is 9.84 Å². The van der Waals surface area contributed by atoms with Crippen molar-refractivity contribution >= 4 is 44.6 Å². The average Bonchev–Trinajstić information content (AvgIpc) is 2.30. The van der Waals surface area contributed by atoms with Gasteiger partial charge in [0.1, 0.15) is 5.75 Å². The smallest absolute Gasteiger partial charge is 0.151 e. The van der Waals surface area contributed by atoms with Gasteiger partial charge < -0.3 is 4.74 Å². The predicted octanol–water partition coefficient (Wildman–Crippen LogP) is 4.11. The fourth-order valence-electron chi connectivity index (χ4n) is 1.49. The van der Waals surface area contributed by atoms with Gasteiger partial charge >= 0.3 is 0 Å². The Morgan fingerprint density at radius 3 is 2.32 bits per heavy atom. The Hall–Kier alpha value is -0.160. The molecule has 0 heterocycles. The first-order valence-electron chi connectivity index (χ1n) is 5.63. The van der Waals surface area contributed by atoms with E-state index in [2.05, 4.69) is 0 Å². The second kappa shape index (κ2) is 6.53. The van der Waals surface area contributed by atoms with Gasteiger partial charge in [-0.2, -0.15) is 0 Å². The summed E-state index contributed by atoms with van der Waals surface area (Å²) in [6.45, 7) is 3.82. The summed E-state index contributed by atoms with van der Waals surface area (Å²) in [6, 6.07) is 3.10. The van der Waals surface area contributed by atoms with Crippen molar-refractivity contribution in [3.8, 4) is 5.75 Å². The topological polar surface area (TPSA) is 43.4 Å². The van der Waals surface area contributed by atoms with Crippen molar-refractivity contribution in [2.45, 2.75) is 24.5 Å². The molecule has 108 valence electrons. The SMILES string of the molecule is CCOc1cc(Cl)c(C(Cl)C(C)S(C)(=O)=O)cc1Cl. The van der Waals surface area contributed by atoms with E-state index in [4.69, 9.17) is 39.5 Å². The lowest BCUT2D eigenvalue weighted by Crippen LogP contribution is -2.21. The van der Waals surface area contributed by atoms with Crippen LogP contribution in [-0.2, 0) is 9.84 Å². The fraction of sp³-hybridized carbons (Fsp3) is 0.500. The second-order valence-electron chi connectivity index (χ2n) is 4.17. The number of rotatable bonds is 5. The molecular formula is C12H15Cl3O3S. The summed E-state index contributed by atoms with van der Waals surface area (Å²) < 4.78 is 28.4. The molecule has 0 spiro atoms. The van der Waals surface area contributed by atoms with Gasteiger partial charge in [-0.15, -0.1) is 11.6 Å². The Labute approximate surface area is 128 Å². The molecule has 0 saturated heterocycles. The molecule has 0 saturated carbocycles. The van der Waals surface area contributed by atoms with Gasteiger partial charge in [0.05, 0.1) is 22.3 Å². The summed E-state index contributed by atoms with van der Waals surface area (Å²) in [5.41, 5.74) is 0.481. The molecule has 0 aromatic heterocycles. The van der Waals surface area contributed by atoms with Crippen LogP contribution in [0.25, 0.3) is 0 Å². The molecule has 19 heavy (non-hydrogen) atoms. The summed E-state index contributed by atoms with van der Waals surface area (Å²) in [4.78, 5) is 0. The molecule has 1 aromatic rings. The third kappa shape index (κ3) is 4.15. The Morgan fingerprint density at radius 2 is 1.84 bits per heavy atom. The third-order valence-electron chi connectivity index (χ3n) is 2.74. The minimum absolute atomic E-state index is 0.336. The van der Waals surface area contributed by atoms with Gasteiger partial charge in [-0.25, -0.2) is 8.42 Å². The summed E-state index contributed by atoms with van der Waals surface area (Å²) in [5.74, 6) is 0.453. The van der Waals surface area contributed by atoms with Gasteiger partial charge in [-0.05, 0) is 25.5 Å². The Balaban J connectivity index is 3.18. The zero-order chi connectivity index (χ0) is 14.8. The highest BCUT2D eigenvalue weighted by atomic mass is 35.5. The Morgan fingerprint density at radius 1 is 1.26 bits per heavy atom. The van der Waals surface area contributed by atoms with Gasteiger partial charge in [0, 0.05) is 17.3 Å². The second-order valence-corrected chi connectivity index (χ2v) is 7.86. The highest BCUT2D eigenvalue weighted by Crippen LogP contribution is 2.39. The van der Waals surface area contributed by atoms with E-state index in [0.29, 0.717) is 28.0 Å². The quantitative estimate of drug-likeness (QED) is 0.754. The van der Waals surface area contributed by atoms with Crippen molar-refractivity contribution in [1.29, 1.82) is 0 Å².